The average Bonchev–Trinajstić information content (AvgIpc) is 2.19. The van der Waals surface area contributed by atoms with Crippen LogP contribution in [-0.4, -0.2) is 29.6 Å². The molecule has 0 aromatic carbocycles. The van der Waals surface area contributed by atoms with E-state index in [1.807, 2.05) is 17.8 Å². The van der Waals surface area contributed by atoms with Gasteiger partial charge in [0.25, 0.3) is 0 Å². The van der Waals surface area contributed by atoms with E-state index in [-0.39, 0.29) is 0 Å². The average molecular weight is 294 g/mol. The summed E-state index contributed by atoms with van der Waals surface area (Å²) in [6, 6.07) is 1.89. The molecule has 1 aliphatic rings. The van der Waals surface area contributed by atoms with Gasteiger partial charge in [0.05, 0.1) is 9.50 Å². The van der Waals surface area contributed by atoms with Gasteiger partial charge in [-0.3, -0.25) is 0 Å². The maximum atomic E-state index is 5.84. The number of nitrogens with zero attached hydrogens (tertiary/aromatic N) is 2. The fraction of sp³-hybridized carbons (Fsp3) is 0.444. The fourth-order valence-electron chi connectivity index (χ4n) is 1.42. The summed E-state index contributed by atoms with van der Waals surface area (Å²) in [6.45, 7) is 2.13. The van der Waals surface area contributed by atoms with Gasteiger partial charge in [-0.15, -0.1) is 0 Å². The zero-order valence-electron chi connectivity index (χ0n) is 7.54. The number of thioether (sulfide) groups is 1. The molecule has 0 unspecified atom stereocenters. The van der Waals surface area contributed by atoms with E-state index in [9.17, 15) is 0 Å². The number of hydrogen-bond acceptors (Lipinski definition) is 3. The number of aromatic nitrogens is 1. The van der Waals surface area contributed by atoms with Gasteiger partial charge in [0.15, 0.2) is 0 Å². The molecule has 1 aromatic heterocycles. The number of anilines is 1. The number of rotatable bonds is 1. The van der Waals surface area contributed by atoms with Crippen LogP contribution in [0.15, 0.2) is 16.7 Å². The first-order chi connectivity index (χ1) is 6.77. The number of halogens is 2. The van der Waals surface area contributed by atoms with Gasteiger partial charge in [0.1, 0.15) is 5.82 Å². The first-order valence-corrected chi connectivity index (χ1v) is 6.73. The lowest BCUT2D eigenvalue weighted by Crippen LogP contribution is -2.33. The van der Waals surface area contributed by atoms with Crippen LogP contribution in [0.3, 0.4) is 0 Å². The Kier molecular flexibility index (Phi) is 3.57. The molecule has 0 spiro atoms. The Labute approximate surface area is 101 Å². The lowest BCUT2D eigenvalue weighted by Gasteiger charge is -2.28. The van der Waals surface area contributed by atoms with Crippen molar-refractivity contribution in [1.29, 1.82) is 0 Å². The van der Waals surface area contributed by atoms with Crippen molar-refractivity contribution in [2.75, 3.05) is 29.5 Å². The molecule has 14 heavy (non-hydrogen) atoms. The second kappa shape index (κ2) is 4.73. The summed E-state index contributed by atoms with van der Waals surface area (Å²) in [6.07, 6.45) is 1.70. The highest BCUT2D eigenvalue weighted by molar-refractivity contribution is 9.10. The summed E-state index contributed by atoms with van der Waals surface area (Å²) in [4.78, 5) is 6.63. The SMILES string of the molecule is Clc1cnc(N2CCSCC2)c(Br)c1. The normalized spacial score (nSPS) is 17.1. The van der Waals surface area contributed by atoms with Gasteiger partial charge in [-0.05, 0) is 22.0 Å². The zero-order valence-corrected chi connectivity index (χ0v) is 10.7. The largest absolute Gasteiger partial charge is 0.354 e. The molecular formula is C9H10BrClN2S. The quantitative estimate of drug-likeness (QED) is 0.792. The summed E-state index contributed by atoms with van der Waals surface area (Å²) < 4.78 is 0.983. The minimum absolute atomic E-state index is 0.673. The van der Waals surface area contributed by atoms with E-state index in [2.05, 4.69) is 25.8 Å². The minimum Gasteiger partial charge on any atom is -0.354 e. The Balaban J connectivity index is 2.22. The van der Waals surface area contributed by atoms with E-state index >= 15 is 0 Å². The van der Waals surface area contributed by atoms with Gasteiger partial charge in [0.2, 0.25) is 0 Å². The van der Waals surface area contributed by atoms with Gasteiger partial charge in [0, 0.05) is 30.8 Å². The second-order valence-corrected chi connectivity index (χ2v) is 5.57. The molecule has 2 heterocycles. The molecule has 2 rings (SSSR count). The predicted octanol–water partition coefficient (Wildman–Crippen LogP) is 3.05. The Morgan fingerprint density at radius 3 is 2.79 bits per heavy atom. The molecule has 0 N–H and O–H groups in total. The van der Waals surface area contributed by atoms with Crippen molar-refractivity contribution in [3.63, 3.8) is 0 Å². The highest BCUT2D eigenvalue weighted by Crippen LogP contribution is 2.27. The van der Waals surface area contributed by atoms with E-state index < -0.39 is 0 Å². The molecule has 1 saturated heterocycles. The van der Waals surface area contributed by atoms with Gasteiger partial charge < -0.3 is 4.90 Å². The van der Waals surface area contributed by atoms with E-state index in [4.69, 9.17) is 11.6 Å². The van der Waals surface area contributed by atoms with Crippen molar-refractivity contribution >= 4 is 45.1 Å². The summed E-state index contributed by atoms with van der Waals surface area (Å²) in [7, 11) is 0. The standard InChI is InChI=1S/C9H10BrClN2S/c10-8-5-7(11)6-12-9(8)13-1-3-14-4-2-13/h5-6H,1-4H2. The number of pyridine rings is 1. The Morgan fingerprint density at radius 1 is 1.43 bits per heavy atom. The highest BCUT2D eigenvalue weighted by Gasteiger charge is 2.14. The summed E-state index contributed by atoms with van der Waals surface area (Å²) in [5, 5.41) is 0.673. The highest BCUT2D eigenvalue weighted by atomic mass is 79.9. The van der Waals surface area contributed by atoms with Crippen LogP contribution in [0, 0.1) is 0 Å². The van der Waals surface area contributed by atoms with Crippen molar-refractivity contribution in [3.05, 3.63) is 21.8 Å². The van der Waals surface area contributed by atoms with Crippen LogP contribution < -0.4 is 4.90 Å². The van der Waals surface area contributed by atoms with Crippen LogP contribution >= 0.6 is 39.3 Å². The molecule has 1 fully saturated rings. The predicted molar refractivity (Wildman–Crippen MR) is 66.5 cm³/mol. The smallest absolute Gasteiger partial charge is 0.143 e. The third kappa shape index (κ3) is 2.35. The third-order valence-electron chi connectivity index (χ3n) is 2.10. The topological polar surface area (TPSA) is 16.1 Å². The monoisotopic (exact) mass is 292 g/mol. The molecule has 0 aliphatic carbocycles. The van der Waals surface area contributed by atoms with Gasteiger partial charge in [-0.1, -0.05) is 11.6 Å². The Morgan fingerprint density at radius 2 is 2.14 bits per heavy atom. The Bertz CT molecular complexity index is 329. The van der Waals surface area contributed by atoms with Crippen molar-refractivity contribution in [3.8, 4) is 0 Å². The van der Waals surface area contributed by atoms with E-state index in [1.165, 1.54) is 11.5 Å². The molecule has 0 bridgehead atoms. The van der Waals surface area contributed by atoms with Crippen molar-refractivity contribution < 1.29 is 0 Å². The Hall–Kier alpha value is 0.0700. The molecule has 0 saturated carbocycles. The summed E-state index contributed by atoms with van der Waals surface area (Å²) in [5.41, 5.74) is 0. The minimum atomic E-state index is 0.673. The lowest BCUT2D eigenvalue weighted by molar-refractivity contribution is 0.836. The molecule has 1 aromatic rings. The zero-order chi connectivity index (χ0) is 9.97. The molecule has 0 atom stereocenters. The van der Waals surface area contributed by atoms with Crippen LogP contribution in [0.1, 0.15) is 0 Å². The molecule has 0 radical (unpaired) electrons. The second-order valence-electron chi connectivity index (χ2n) is 3.06. The van der Waals surface area contributed by atoms with Crippen LogP contribution in [0.4, 0.5) is 5.82 Å². The van der Waals surface area contributed by atoms with Gasteiger partial charge in [-0.25, -0.2) is 4.98 Å². The van der Waals surface area contributed by atoms with Crippen molar-refractivity contribution in [1.82, 2.24) is 4.98 Å². The summed E-state index contributed by atoms with van der Waals surface area (Å²) in [5.74, 6) is 3.36. The first-order valence-electron chi connectivity index (χ1n) is 4.41. The maximum Gasteiger partial charge on any atom is 0.143 e. The van der Waals surface area contributed by atoms with Gasteiger partial charge in [-0.2, -0.15) is 11.8 Å². The maximum absolute atomic E-state index is 5.84. The van der Waals surface area contributed by atoms with Crippen molar-refractivity contribution in [2.45, 2.75) is 0 Å². The van der Waals surface area contributed by atoms with Crippen molar-refractivity contribution in [2.24, 2.45) is 0 Å². The van der Waals surface area contributed by atoms with E-state index in [0.29, 0.717) is 5.02 Å². The third-order valence-corrected chi connectivity index (χ3v) is 3.83. The molecule has 76 valence electrons. The first kappa shape index (κ1) is 10.6. The van der Waals surface area contributed by atoms with E-state index in [1.54, 1.807) is 6.20 Å². The molecule has 5 heteroatoms. The number of hydrogen-bond donors (Lipinski definition) is 0. The van der Waals surface area contributed by atoms with Gasteiger partial charge >= 0.3 is 0 Å². The van der Waals surface area contributed by atoms with Crippen LogP contribution in [0.25, 0.3) is 0 Å². The molecule has 2 nitrogen and oxygen atoms in total. The lowest BCUT2D eigenvalue weighted by atomic mass is 10.4. The summed E-state index contributed by atoms with van der Waals surface area (Å²) >= 11 is 11.3. The van der Waals surface area contributed by atoms with E-state index in [0.717, 1.165) is 23.4 Å². The van der Waals surface area contributed by atoms with Crippen LogP contribution in [-0.2, 0) is 0 Å². The molecule has 0 amide bonds. The fourth-order valence-corrected chi connectivity index (χ4v) is 3.21. The van der Waals surface area contributed by atoms with Crippen LogP contribution in [0.2, 0.25) is 5.02 Å². The molecular weight excluding hydrogens is 284 g/mol. The van der Waals surface area contributed by atoms with Crippen LogP contribution in [0.5, 0.6) is 0 Å². The molecule has 1 aliphatic heterocycles.